The molecule has 2 rings (SSSR count). The second-order valence-corrected chi connectivity index (χ2v) is 6.15. The molecule has 5 heteroatoms. The molecule has 0 aliphatic heterocycles. The Balaban J connectivity index is 2.27. The lowest BCUT2D eigenvalue weighted by atomic mass is 9.96. The van der Waals surface area contributed by atoms with Crippen LogP contribution in [0.25, 0.3) is 0 Å². The molecule has 1 heterocycles. The summed E-state index contributed by atoms with van der Waals surface area (Å²) in [6, 6.07) is 1.90. The largest absolute Gasteiger partial charge is 0.359 e. The van der Waals surface area contributed by atoms with Gasteiger partial charge in [-0.25, -0.2) is 15.8 Å². The zero-order valence-corrected chi connectivity index (χ0v) is 11.7. The quantitative estimate of drug-likeness (QED) is 0.630. The second kappa shape index (κ2) is 4.72. The van der Waals surface area contributed by atoms with E-state index in [1.54, 1.807) is 0 Å². The van der Waals surface area contributed by atoms with Crippen LogP contribution in [0.15, 0.2) is 6.07 Å². The van der Waals surface area contributed by atoms with Crippen LogP contribution in [-0.4, -0.2) is 23.6 Å². The van der Waals surface area contributed by atoms with Crippen LogP contribution in [0.4, 0.5) is 11.6 Å². The number of hydrogen-bond donors (Lipinski definition) is 2. The molecule has 1 aliphatic carbocycles. The van der Waals surface area contributed by atoms with E-state index in [9.17, 15) is 0 Å². The van der Waals surface area contributed by atoms with Gasteiger partial charge in [0.25, 0.3) is 0 Å². The van der Waals surface area contributed by atoms with E-state index in [0.717, 1.165) is 24.1 Å². The van der Waals surface area contributed by atoms with Crippen LogP contribution in [-0.2, 0) is 5.41 Å². The van der Waals surface area contributed by atoms with E-state index in [4.69, 9.17) is 5.84 Å². The molecule has 0 spiro atoms. The number of anilines is 2. The van der Waals surface area contributed by atoms with Crippen molar-refractivity contribution in [3.8, 4) is 0 Å². The number of rotatable bonds is 4. The molecule has 0 radical (unpaired) electrons. The third-order valence-corrected chi connectivity index (χ3v) is 3.15. The van der Waals surface area contributed by atoms with Crippen molar-refractivity contribution >= 4 is 11.6 Å². The molecular formula is C13H23N5. The Kier molecular flexibility index (Phi) is 3.43. The molecule has 0 unspecified atom stereocenters. The van der Waals surface area contributed by atoms with Crippen molar-refractivity contribution in [2.45, 2.75) is 39.0 Å². The summed E-state index contributed by atoms with van der Waals surface area (Å²) >= 11 is 0. The van der Waals surface area contributed by atoms with E-state index in [0.29, 0.717) is 5.82 Å². The molecule has 100 valence electrons. The Morgan fingerprint density at radius 1 is 1.39 bits per heavy atom. The van der Waals surface area contributed by atoms with Gasteiger partial charge >= 0.3 is 0 Å². The standard InChI is InChI=1S/C13H23N5/c1-13(2,3)12-15-10(17-14)7-11(16-12)18(4)8-9-5-6-9/h7,9H,5-6,8,14H2,1-4H3,(H,15,16,17). The van der Waals surface area contributed by atoms with Crippen molar-refractivity contribution in [1.29, 1.82) is 0 Å². The maximum atomic E-state index is 5.49. The number of hydrazine groups is 1. The van der Waals surface area contributed by atoms with Crippen LogP contribution < -0.4 is 16.2 Å². The SMILES string of the molecule is CN(CC1CC1)c1cc(NN)nc(C(C)(C)C)n1. The maximum absolute atomic E-state index is 5.49. The Hall–Kier alpha value is -1.36. The lowest BCUT2D eigenvalue weighted by Gasteiger charge is -2.23. The van der Waals surface area contributed by atoms with Gasteiger partial charge in [0.2, 0.25) is 0 Å². The fraction of sp³-hybridized carbons (Fsp3) is 0.692. The van der Waals surface area contributed by atoms with Crippen LogP contribution in [0.2, 0.25) is 0 Å². The summed E-state index contributed by atoms with van der Waals surface area (Å²) in [4.78, 5) is 11.3. The number of nitrogens with one attached hydrogen (secondary N) is 1. The molecule has 0 atom stereocenters. The van der Waals surface area contributed by atoms with E-state index in [1.165, 1.54) is 12.8 Å². The first kappa shape index (κ1) is 13.1. The molecule has 1 saturated carbocycles. The highest BCUT2D eigenvalue weighted by molar-refractivity contribution is 5.49. The van der Waals surface area contributed by atoms with E-state index in [-0.39, 0.29) is 5.41 Å². The highest BCUT2D eigenvalue weighted by Gasteiger charge is 2.25. The van der Waals surface area contributed by atoms with Crippen LogP contribution in [0.3, 0.4) is 0 Å². The topological polar surface area (TPSA) is 67.1 Å². The van der Waals surface area contributed by atoms with Gasteiger partial charge in [-0.1, -0.05) is 20.8 Å². The van der Waals surface area contributed by atoms with Crippen LogP contribution in [0.1, 0.15) is 39.4 Å². The number of nitrogen functional groups attached to an aromatic ring is 1. The van der Waals surface area contributed by atoms with Crippen molar-refractivity contribution in [1.82, 2.24) is 9.97 Å². The molecule has 3 N–H and O–H groups in total. The molecule has 5 nitrogen and oxygen atoms in total. The number of aromatic nitrogens is 2. The van der Waals surface area contributed by atoms with Gasteiger partial charge in [0.1, 0.15) is 17.5 Å². The van der Waals surface area contributed by atoms with Crippen molar-refractivity contribution in [2.24, 2.45) is 11.8 Å². The molecule has 1 aliphatic rings. The Bertz CT molecular complexity index is 420. The summed E-state index contributed by atoms with van der Waals surface area (Å²) in [6.45, 7) is 7.37. The first-order valence-electron chi connectivity index (χ1n) is 6.47. The van der Waals surface area contributed by atoms with E-state index in [1.807, 2.05) is 6.07 Å². The van der Waals surface area contributed by atoms with E-state index >= 15 is 0 Å². The molecule has 1 aromatic heterocycles. The molecular weight excluding hydrogens is 226 g/mol. The van der Waals surface area contributed by atoms with Crippen molar-refractivity contribution in [2.75, 3.05) is 23.9 Å². The lowest BCUT2D eigenvalue weighted by molar-refractivity contribution is 0.545. The minimum absolute atomic E-state index is 0.0813. The van der Waals surface area contributed by atoms with Crippen LogP contribution in [0, 0.1) is 5.92 Å². The fourth-order valence-electron chi connectivity index (χ4n) is 1.82. The van der Waals surface area contributed by atoms with Gasteiger partial charge in [0, 0.05) is 25.1 Å². The monoisotopic (exact) mass is 249 g/mol. The lowest BCUT2D eigenvalue weighted by Crippen LogP contribution is -2.25. The highest BCUT2D eigenvalue weighted by Crippen LogP contribution is 2.31. The van der Waals surface area contributed by atoms with E-state index < -0.39 is 0 Å². The van der Waals surface area contributed by atoms with Gasteiger partial charge in [0.05, 0.1) is 0 Å². The molecule has 0 aromatic carbocycles. The predicted molar refractivity (Wildman–Crippen MR) is 74.5 cm³/mol. The Morgan fingerprint density at radius 2 is 2.06 bits per heavy atom. The molecule has 0 amide bonds. The number of hydrogen-bond acceptors (Lipinski definition) is 5. The summed E-state index contributed by atoms with van der Waals surface area (Å²) in [5.41, 5.74) is 2.54. The number of nitrogens with two attached hydrogens (primary N) is 1. The zero-order valence-electron chi connectivity index (χ0n) is 11.7. The number of nitrogens with zero attached hydrogens (tertiary/aromatic N) is 3. The molecule has 1 aromatic rings. The Labute approximate surface area is 109 Å². The summed E-state index contributed by atoms with van der Waals surface area (Å²) in [5.74, 6) is 8.75. The molecule has 1 fully saturated rings. The second-order valence-electron chi connectivity index (χ2n) is 6.15. The maximum Gasteiger partial charge on any atom is 0.145 e. The van der Waals surface area contributed by atoms with E-state index in [2.05, 4.69) is 48.1 Å². The average Bonchev–Trinajstić information content (AvgIpc) is 3.11. The molecule has 0 bridgehead atoms. The van der Waals surface area contributed by atoms with Gasteiger partial charge in [-0.2, -0.15) is 0 Å². The first-order valence-corrected chi connectivity index (χ1v) is 6.47. The summed E-state index contributed by atoms with van der Waals surface area (Å²) in [7, 11) is 2.08. The zero-order chi connectivity index (χ0) is 13.3. The third kappa shape index (κ3) is 3.10. The Morgan fingerprint density at radius 3 is 2.56 bits per heavy atom. The summed E-state index contributed by atoms with van der Waals surface area (Å²) in [5, 5.41) is 0. The van der Waals surface area contributed by atoms with Crippen LogP contribution >= 0.6 is 0 Å². The minimum atomic E-state index is -0.0813. The van der Waals surface area contributed by atoms with Crippen molar-refractivity contribution in [3.63, 3.8) is 0 Å². The summed E-state index contributed by atoms with van der Waals surface area (Å²) < 4.78 is 0. The smallest absolute Gasteiger partial charge is 0.145 e. The minimum Gasteiger partial charge on any atom is -0.359 e. The van der Waals surface area contributed by atoms with Crippen molar-refractivity contribution < 1.29 is 0 Å². The van der Waals surface area contributed by atoms with Gasteiger partial charge < -0.3 is 10.3 Å². The average molecular weight is 249 g/mol. The van der Waals surface area contributed by atoms with Gasteiger partial charge in [-0.05, 0) is 18.8 Å². The van der Waals surface area contributed by atoms with Gasteiger partial charge in [0.15, 0.2) is 0 Å². The van der Waals surface area contributed by atoms with Gasteiger partial charge in [-0.15, -0.1) is 0 Å². The van der Waals surface area contributed by atoms with Gasteiger partial charge in [-0.3, -0.25) is 0 Å². The van der Waals surface area contributed by atoms with Crippen molar-refractivity contribution in [3.05, 3.63) is 11.9 Å². The summed E-state index contributed by atoms with van der Waals surface area (Å²) in [6.07, 6.45) is 2.67. The highest BCUT2D eigenvalue weighted by atomic mass is 15.3. The third-order valence-electron chi connectivity index (χ3n) is 3.15. The predicted octanol–water partition coefficient (Wildman–Crippen LogP) is 1.91. The normalized spacial score (nSPS) is 15.6. The van der Waals surface area contributed by atoms with Crippen LogP contribution in [0.5, 0.6) is 0 Å². The first-order chi connectivity index (χ1) is 8.40. The molecule has 18 heavy (non-hydrogen) atoms. The fourth-order valence-corrected chi connectivity index (χ4v) is 1.82. The molecule has 0 saturated heterocycles.